The molecule has 0 radical (unpaired) electrons. The summed E-state index contributed by atoms with van der Waals surface area (Å²) >= 11 is 6.12. The van der Waals surface area contributed by atoms with Gasteiger partial charge in [-0.25, -0.2) is 9.97 Å². The summed E-state index contributed by atoms with van der Waals surface area (Å²) < 4.78 is 7.24. The molecule has 0 saturated carbocycles. The molecule has 1 fully saturated rings. The van der Waals surface area contributed by atoms with E-state index in [1.165, 1.54) is 0 Å². The van der Waals surface area contributed by atoms with Crippen LogP contribution in [-0.4, -0.2) is 51.5 Å². The highest BCUT2D eigenvalue weighted by Gasteiger charge is 2.16. The molecule has 8 heteroatoms. The second kappa shape index (κ2) is 9.08. The Bertz CT molecular complexity index is 1270. The first kappa shape index (κ1) is 20.6. The van der Waals surface area contributed by atoms with Crippen molar-refractivity contribution in [2.24, 2.45) is 0 Å². The largest absolute Gasteiger partial charge is 0.379 e. The normalized spacial score (nSPS) is 14.5. The number of anilines is 1. The third-order valence-corrected chi connectivity index (χ3v) is 5.62. The number of rotatable bonds is 5. The summed E-state index contributed by atoms with van der Waals surface area (Å²) in [7, 11) is 0. The van der Waals surface area contributed by atoms with Crippen molar-refractivity contribution in [3.05, 3.63) is 83.3 Å². The molecule has 1 saturated heterocycles. The van der Waals surface area contributed by atoms with Crippen LogP contribution in [0.25, 0.3) is 16.9 Å². The fourth-order valence-electron chi connectivity index (χ4n) is 3.79. The van der Waals surface area contributed by atoms with E-state index >= 15 is 0 Å². The van der Waals surface area contributed by atoms with Crippen LogP contribution in [0.3, 0.4) is 0 Å². The number of halogens is 1. The van der Waals surface area contributed by atoms with E-state index in [1.807, 2.05) is 59.3 Å². The molecule has 5 rings (SSSR count). The summed E-state index contributed by atoms with van der Waals surface area (Å²) in [6, 6.07) is 16.8. The lowest BCUT2D eigenvalue weighted by molar-refractivity contribution is 0.0337. The van der Waals surface area contributed by atoms with Crippen molar-refractivity contribution in [2.45, 2.75) is 6.54 Å². The summed E-state index contributed by atoms with van der Waals surface area (Å²) in [6.45, 7) is 3.97. The average molecular weight is 448 g/mol. The van der Waals surface area contributed by atoms with Crippen LogP contribution in [0.15, 0.2) is 67.0 Å². The number of hydrogen-bond donors (Lipinski definition) is 1. The minimum atomic E-state index is -0.255. The van der Waals surface area contributed by atoms with Crippen LogP contribution >= 0.6 is 11.6 Å². The Morgan fingerprint density at radius 2 is 1.91 bits per heavy atom. The third kappa shape index (κ3) is 4.50. The van der Waals surface area contributed by atoms with E-state index in [2.05, 4.69) is 20.2 Å². The molecular weight excluding hydrogens is 426 g/mol. The standard InChI is InChI=1S/C24H22ClN5O2/c25-18-5-1-4-17(14-18)21-16-30-9-3-7-20(23(30)27-21)24(31)28-22-8-2-6-19(26-22)15-29-10-12-32-13-11-29/h1-9,14,16H,10-13,15H2,(H,26,28,31). The van der Waals surface area contributed by atoms with E-state index in [1.54, 1.807) is 12.1 Å². The molecule has 0 unspecified atom stereocenters. The van der Waals surface area contributed by atoms with Crippen LogP contribution in [0, 0.1) is 0 Å². The van der Waals surface area contributed by atoms with Gasteiger partial charge in [0.15, 0.2) is 0 Å². The van der Waals surface area contributed by atoms with Crippen LogP contribution in [0.1, 0.15) is 16.1 Å². The molecule has 0 spiro atoms. The lowest BCUT2D eigenvalue weighted by atomic mass is 10.2. The number of hydrogen-bond acceptors (Lipinski definition) is 5. The molecule has 4 heterocycles. The number of nitrogens with one attached hydrogen (secondary N) is 1. The zero-order chi connectivity index (χ0) is 21.9. The minimum absolute atomic E-state index is 0.255. The van der Waals surface area contributed by atoms with Gasteiger partial charge in [0, 0.05) is 42.6 Å². The van der Waals surface area contributed by atoms with Gasteiger partial charge in [-0.05, 0) is 36.4 Å². The summed E-state index contributed by atoms with van der Waals surface area (Å²) in [5, 5.41) is 3.56. The molecular formula is C24H22ClN5O2. The molecule has 4 aromatic rings. The number of aromatic nitrogens is 3. The number of carbonyl (C=O) groups excluding carboxylic acids is 1. The maximum absolute atomic E-state index is 13.1. The van der Waals surface area contributed by atoms with Crippen molar-refractivity contribution in [2.75, 3.05) is 31.6 Å². The van der Waals surface area contributed by atoms with Gasteiger partial charge in [0.05, 0.1) is 30.2 Å². The Morgan fingerprint density at radius 3 is 2.75 bits per heavy atom. The number of ether oxygens (including phenoxy) is 1. The topological polar surface area (TPSA) is 71.8 Å². The van der Waals surface area contributed by atoms with Gasteiger partial charge < -0.3 is 14.5 Å². The summed E-state index contributed by atoms with van der Waals surface area (Å²) in [6.07, 6.45) is 3.76. The van der Waals surface area contributed by atoms with E-state index in [4.69, 9.17) is 16.3 Å². The van der Waals surface area contributed by atoms with E-state index in [9.17, 15) is 4.79 Å². The fourth-order valence-corrected chi connectivity index (χ4v) is 3.98. The number of pyridine rings is 2. The Labute approximate surface area is 190 Å². The Morgan fingerprint density at radius 1 is 1.06 bits per heavy atom. The van der Waals surface area contributed by atoms with Gasteiger partial charge in [0.2, 0.25) is 0 Å². The summed E-state index contributed by atoms with van der Waals surface area (Å²) in [5.41, 5.74) is 3.60. The van der Waals surface area contributed by atoms with E-state index in [-0.39, 0.29) is 5.91 Å². The molecule has 1 amide bonds. The SMILES string of the molecule is O=C(Nc1cccc(CN2CCOCC2)n1)c1cccn2cc(-c3cccc(Cl)c3)nc12. The minimum Gasteiger partial charge on any atom is -0.379 e. The zero-order valence-electron chi connectivity index (χ0n) is 17.4. The lowest BCUT2D eigenvalue weighted by Gasteiger charge is -2.26. The first-order chi connectivity index (χ1) is 15.7. The molecule has 1 aliphatic heterocycles. The first-order valence-electron chi connectivity index (χ1n) is 10.5. The highest BCUT2D eigenvalue weighted by atomic mass is 35.5. The number of morpholine rings is 1. The summed E-state index contributed by atoms with van der Waals surface area (Å²) in [5.74, 6) is 0.263. The summed E-state index contributed by atoms with van der Waals surface area (Å²) in [4.78, 5) is 24.7. The van der Waals surface area contributed by atoms with Crippen LogP contribution in [0.4, 0.5) is 5.82 Å². The van der Waals surface area contributed by atoms with Crippen molar-refractivity contribution < 1.29 is 9.53 Å². The van der Waals surface area contributed by atoms with Gasteiger partial charge in [-0.15, -0.1) is 0 Å². The second-order valence-electron chi connectivity index (χ2n) is 7.65. The smallest absolute Gasteiger partial charge is 0.260 e. The van der Waals surface area contributed by atoms with Crippen molar-refractivity contribution in [3.8, 4) is 11.3 Å². The molecule has 162 valence electrons. The fraction of sp³-hybridized carbons (Fsp3) is 0.208. The number of fused-ring (bicyclic) bond motifs is 1. The Kier molecular flexibility index (Phi) is 5.85. The maximum Gasteiger partial charge on any atom is 0.260 e. The van der Waals surface area contributed by atoms with Crippen molar-refractivity contribution >= 4 is 29.0 Å². The monoisotopic (exact) mass is 447 g/mol. The molecule has 1 aromatic carbocycles. The van der Waals surface area contributed by atoms with Crippen LogP contribution < -0.4 is 5.32 Å². The second-order valence-corrected chi connectivity index (χ2v) is 8.08. The predicted octanol–water partition coefficient (Wildman–Crippen LogP) is 4.13. The number of benzene rings is 1. The van der Waals surface area contributed by atoms with Gasteiger partial charge in [0.25, 0.3) is 5.91 Å². The molecule has 0 aliphatic carbocycles. The van der Waals surface area contributed by atoms with Gasteiger partial charge in [-0.3, -0.25) is 9.69 Å². The van der Waals surface area contributed by atoms with E-state index in [0.29, 0.717) is 22.1 Å². The van der Waals surface area contributed by atoms with Crippen molar-refractivity contribution in [3.63, 3.8) is 0 Å². The molecule has 0 bridgehead atoms. The van der Waals surface area contributed by atoms with Crippen molar-refractivity contribution in [1.29, 1.82) is 0 Å². The quantitative estimate of drug-likeness (QED) is 0.498. The number of imidazole rings is 1. The zero-order valence-corrected chi connectivity index (χ0v) is 18.1. The molecule has 7 nitrogen and oxygen atoms in total. The van der Waals surface area contributed by atoms with Crippen LogP contribution in [0.2, 0.25) is 5.02 Å². The van der Waals surface area contributed by atoms with E-state index < -0.39 is 0 Å². The highest BCUT2D eigenvalue weighted by molar-refractivity contribution is 6.30. The first-order valence-corrected chi connectivity index (χ1v) is 10.8. The van der Waals surface area contributed by atoms with Gasteiger partial charge in [-0.1, -0.05) is 29.8 Å². The predicted molar refractivity (Wildman–Crippen MR) is 124 cm³/mol. The number of amides is 1. The van der Waals surface area contributed by atoms with E-state index in [0.717, 1.165) is 49.8 Å². The highest BCUT2D eigenvalue weighted by Crippen LogP contribution is 2.24. The molecule has 1 N–H and O–H groups in total. The Balaban J connectivity index is 1.37. The average Bonchev–Trinajstić information content (AvgIpc) is 3.24. The third-order valence-electron chi connectivity index (χ3n) is 5.39. The Hall–Kier alpha value is -3.26. The molecule has 1 aliphatic rings. The van der Waals surface area contributed by atoms with Gasteiger partial charge in [0.1, 0.15) is 11.5 Å². The van der Waals surface area contributed by atoms with Crippen LogP contribution in [0.5, 0.6) is 0 Å². The number of nitrogens with zero attached hydrogens (tertiary/aromatic N) is 4. The van der Waals surface area contributed by atoms with Crippen molar-refractivity contribution in [1.82, 2.24) is 19.3 Å². The molecule has 32 heavy (non-hydrogen) atoms. The maximum atomic E-state index is 13.1. The molecule has 0 atom stereocenters. The lowest BCUT2D eigenvalue weighted by Crippen LogP contribution is -2.35. The molecule has 3 aromatic heterocycles. The number of carbonyl (C=O) groups is 1. The van der Waals surface area contributed by atoms with Gasteiger partial charge >= 0.3 is 0 Å². The van der Waals surface area contributed by atoms with Gasteiger partial charge in [-0.2, -0.15) is 0 Å². The van der Waals surface area contributed by atoms with Crippen LogP contribution in [-0.2, 0) is 11.3 Å².